The number of nitrogens with two attached hydrogens (primary N) is 1. The van der Waals surface area contributed by atoms with Gasteiger partial charge in [-0.2, -0.15) is 0 Å². The molecule has 0 saturated carbocycles. The average molecular weight is 171 g/mol. The van der Waals surface area contributed by atoms with Crippen LogP contribution >= 0.6 is 0 Å². The molecule has 13 heavy (non-hydrogen) atoms. The summed E-state index contributed by atoms with van der Waals surface area (Å²) in [5.74, 6) is 5.72. The molecule has 0 atom stereocenters. The second kappa shape index (κ2) is 3.30. The zero-order valence-electron chi connectivity index (χ0n) is 7.04. The molecule has 0 fully saturated rings. The summed E-state index contributed by atoms with van der Waals surface area (Å²) in [6, 6.07) is 3.96. The Balaban J connectivity index is 2.48. The van der Waals surface area contributed by atoms with E-state index in [1.54, 1.807) is 6.20 Å². The number of aromatic nitrogens is 2. The number of nitrogens with zero attached hydrogens (tertiary/aromatic N) is 1. The molecule has 0 aliphatic heterocycles. The van der Waals surface area contributed by atoms with Gasteiger partial charge in [0.1, 0.15) is 5.65 Å². The number of fused-ring (bicyclic) bond motifs is 1. The maximum absolute atomic E-state index is 5.27. The van der Waals surface area contributed by atoms with Crippen LogP contribution in [0.2, 0.25) is 0 Å². The lowest BCUT2D eigenvalue weighted by atomic mass is 10.2. The number of pyridine rings is 1. The van der Waals surface area contributed by atoms with Crippen LogP contribution in [0.3, 0.4) is 0 Å². The van der Waals surface area contributed by atoms with E-state index in [1.807, 2.05) is 18.3 Å². The van der Waals surface area contributed by atoms with E-state index in [9.17, 15) is 0 Å². The van der Waals surface area contributed by atoms with E-state index in [2.05, 4.69) is 21.8 Å². The summed E-state index contributed by atoms with van der Waals surface area (Å²) >= 11 is 0. The molecule has 64 valence electrons. The van der Waals surface area contributed by atoms with Gasteiger partial charge in [0, 0.05) is 23.3 Å². The first kappa shape index (κ1) is 7.84. The molecule has 0 aliphatic carbocycles. The largest absolute Gasteiger partial charge is 0.346 e. The zero-order chi connectivity index (χ0) is 9.10. The van der Waals surface area contributed by atoms with Gasteiger partial charge in [0.25, 0.3) is 0 Å². The minimum atomic E-state index is 0.380. The van der Waals surface area contributed by atoms with Gasteiger partial charge in [0.2, 0.25) is 0 Å². The maximum atomic E-state index is 5.27. The summed E-state index contributed by atoms with van der Waals surface area (Å²) in [4.78, 5) is 7.21. The first-order chi connectivity index (χ1) is 6.40. The molecule has 2 aromatic rings. The smallest absolute Gasteiger partial charge is 0.137 e. The quantitative estimate of drug-likeness (QED) is 0.578. The molecule has 0 amide bonds. The van der Waals surface area contributed by atoms with Crippen LogP contribution in [0.4, 0.5) is 0 Å². The van der Waals surface area contributed by atoms with Crippen molar-refractivity contribution in [3.8, 4) is 11.8 Å². The lowest BCUT2D eigenvalue weighted by molar-refractivity contribution is 1.29. The summed E-state index contributed by atoms with van der Waals surface area (Å²) in [6.07, 6.45) is 3.60. The van der Waals surface area contributed by atoms with Gasteiger partial charge in [-0.15, -0.1) is 0 Å². The Morgan fingerprint density at radius 3 is 3.31 bits per heavy atom. The summed E-state index contributed by atoms with van der Waals surface area (Å²) in [5.41, 5.74) is 7.06. The molecule has 3 N–H and O–H groups in total. The Morgan fingerprint density at radius 2 is 2.46 bits per heavy atom. The highest BCUT2D eigenvalue weighted by Gasteiger charge is 1.94. The Labute approximate surface area is 76.0 Å². The van der Waals surface area contributed by atoms with Crippen LogP contribution in [-0.4, -0.2) is 16.5 Å². The summed E-state index contributed by atoms with van der Waals surface area (Å²) < 4.78 is 0. The van der Waals surface area contributed by atoms with Crippen LogP contribution in [0, 0.1) is 11.8 Å². The molecular formula is C10H9N3. The molecule has 0 aliphatic rings. The highest BCUT2D eigenvalue weighted by Crippen LogP contribution is 2.09. The van der Waals surface area contributed by atoms with Crippen molar-refractivity contribution in [2.24, 2.45) is 5.73 Å². The van der Waals surface area contributed by atoms with Crippen LogP contribution < -0.4 is 5.73 Å². The number of hydrogen-bond acceptors (Lipinski definition) is 2. The zero-order valence-corrected chi connectivity index (χ0v) is 7.04. The summed E-state index contributed by atoms with van der Waals surface area (Å²) in [7, 11) is 0. The fourth-order valence-corrected chi connectivity index (χ4v) is 1.16. The molecule has 3 heteroatoms. The molecule has 0 radical (unpaired) electrons. The first-order valence-corrected chi connectivity index (χ1v) is 4.02. The first-order valence-electron chi connectivity index (χ1n) is 4.02. The van der Waals surface area contributed by atoms with Crippen molar-refractivity contribution in [2.75, 3.05) is 6.54 Å². The van der Waals surface area contributed by atoms with Gasteiger partial charge in [0.15, 0.2) is 0 Å². The van der Waals surface area contributed by atoms with Crippen LogP contribution in [0.25, 0.3) is 11.0 Å². The highest BCUT2D eigenvalue weighted by atomic mass is 14.8. The Morgan fingerprint density at radius 1 is 1.54 bits per heavy atom. The number of H-pyrrole nitrogens is 1. The van der Waals surface area contributed by atoms with Crippen molar-refractivity contribution >= 4 is 11.0 Å². The van der Waals surface area contributed by atoms with Crippen LogP contribution in [0.15, 0.2) is 24.5 Å². The molecule has 0 aromatic carbocycles. The lowest BCUT2D eigenvalue weighted by Gasteiger charge is -1.90. The maximum Gasteiger partial charge on any atom is 0.137 e. The highest BCUT2D eigenvalue weighted by molar-refractivity contribution is 5.76. The summed E-state index contributed by atoms with van der Waals surface area (Å²) in [6.45, 7) is 0.380. The normalized spacial score (nSPS) is 9.62. The molecule has 2 rings (SSSR count). The van der Waals surface area contributed by atoms with Crippen LogP contribution in [0.5, 0.6) is 0 Å². The third kappa shape index (κ3) is 1.53. The van der Waals surface area contributed by atoms with Crippen molar-refractivity contribution in [1.29, 1.82) is 0 Å². The monoisotopic (exact) mass is 171 g/mol. The Kier molecular flexibility index (Phi) is 1.99. The van der Waals surface area contributed by atoms with Crippen LogP contribution in [-0.2, 0) is 0 Å². The Bertz CT molecular complexity index is 473. The van der Waals surface area contributed by atoms with E-state index in [0.29, 0.717) is 6.54 Å². The molecule has 0 unspecified atom stereocenters. The average Bonchev–Trinajstić information content (AvgIpc) is 2.61. The molecule has 0 saturated heterocycles. The third-order valence-electron chi connectivity index (χ3n) is 1.73. The van der Waals surface area contributed by atoms with Crippen molar-refractivity contribution in [3.05, 3.63) is 30.1 Å². The van der Waals surface area contributed by atoms with Gasteiger partial charge in [-0.25, -0.2) is 4.98 Å². The fraction of sp³-hybridized carbons (Fsp3) is 0.100. The van der Waals surface area contributed by atoms with Crippen molar-refractivity contribution < 1.29 is 0 Å². The number of aromatic amines is 1. The standard InChI is InChI=1S/C10H9N3/c11-4-1-2-8-6-9-3-5-12-10(9)13-7-8/h3,5-7H,4,11H2,(H,12,13). The van der Waals surface area contributed by atoms with E-state index in [0.717, 1.165) is 16.6 Å². The van der Waals surface area contributed by atoms with Crippen molar-refractivity contribution in [1.82, 2.24) is 9.97 Å². The van der Waals surface area contributed by atoms with Crippen LogP contribution in [0.1, 0.15) is 5.56 Å². The minimum Gasteiger partial charge on any atom is -0.346 e. The van der Waals surface area contributed by atoms with Gasteiger partial charge < -0.3 is 10.7 Å². The fourth-order valence-electron chi connectivity index (χ4n) is 1.16. The second-order valence-electron chi connectivity index (χ2n) is 2.65. The van der Waals surface area contributed by atoms with E-state index >= 15 is 0 Å². The molecule has 0 bridgehead atoms. The second-order valence-corrected chi connectivity index (χ2v) is 2.65. The van der Waals surface area contributed by atoms with Gasteiger partial charge in [-0.1, -0.05) is 11.8 Å². The number of nitrogens with one attached hydrogen (secondary N) is 1. The minimum absolute atomic E-state index is 0.380. The lowest BCUT2D eigenvalue weighted by Crippen LogP contribution is -1.93. The molecular weight excluding hydrogens is 162 g/mol. The van der Waals surface area contributed by atoms with Gasteiger partial charge in [0.05, 0.1) is 6.54 Å². The number of hydrogen-bond donors (Lipinski definition) is 2. The molecule has 2 heterocycles. The predicted molar refractivity (Wildman–Crippen MR) is 52.0 cm³/mol. The molecule has 0 spiro atoms. The Hall–Kier alpha value is -1.79. The SMILES string of the molecule is NCC#Cc1cnc2[nH]ccc2c1. The third-order valence-corrected chi connectivity index (χ3v) is 1.73. The van der Waals surface area contributed by atoms with Gasteiger partial charge in [-0.05, 0) is 12.1 Å². The van der Waals surface area contributed by atoms with E-state index in [1.165, 1.54) is 0 Å². The van der Waals surface area contributed by atoms with E-state index in [4.69, 9.17) is 5.73 Å². The topological polar surface area (TPSA) is 54.7 Å². The van der Waals surface area contributed by atoms with E-state index < -0.39 is 0 Å². The predicted octanol–water partition coefficient (Wildman–Crippen LogP) is 0.873. The van der Waals surface area contributed by atoms with Gasteiger partial charge >= 0.3 is 0 Å². The van der Waals surface area contributed by atoms with Gasteiger partial charge in [-0.3, -0.25) is 0 Å². The van der Waals surface area contributed by atoms with E-state index in [-0.39, 0.29) is 0 Å². The summed E-state index contributed by atoms with van der Waals surface area (Å²) in [5, 5.41) is 1.07. The molecule has 3 nitrogen and oxygen atoms in total. The van der Waals surface area contributed by atoms with Crippen molar-refractivity contribution in [3.63, 3.8) is 0 Å². The number of rotatable bonds is 0. The van der Waals surface area contributed by atoms with Crippen molar-refractivity contribution in [2.45, 2.75) is 0 Å². The molecule has 2 aromatic heterocycles.